The van der Waals surface area contributed by atoms with Crippen LogP contribution in [0.15, 0.2) is 70.2 Å². The van der Waals surface area contributed by atoms with Gasteiger partial charge >= 0.3 is 0 Å². The second-order valence-electron chi connectivity index (χ2n) is 6.09. The van der Waals surface area contributed by atoms with E-state index in [-0.39, 0.29) is 12.3 Å². The van der Waals surface area contributed by atoms with E-state index in [0.717, 1.165) is 6.42 Å². The van der Waals surface area contributed by atoms with Crippen LogP contribution in [-0.2, 0) is 11.2 Å². The lowest BCUT2D eigenvalue weighted by molar-refractivity contribution is -0.384. The SMILES string of the molecule is CCc1ccc(OCC(=O)N/N=C/c2ccc(-c3ccc([N+](=O)[O-])cc3)o2)cc1. The van der Waals surface area contributed by atoms with Crippen LogP contribution in [0.3, 0.4) is 0 Å². The van der Waals surface area contributed by atoms with Crippen molar-refractivity contribution in [2.24, 2.45) is 5.10 Å². The maximum Gasteiger partial charge on any atom is 0.277 e. The first-order valence-corrected chi connectivity index (χ1v) is 8.93. The van der Waals surface area contributed by atoms with Gasteiger partial charge in [-0.15, -0.1) is 0 Å². The monoisotopic (exact) mass is 393 g/mol. The highest BCUT2D eigenvalue weighted by Crippen LogP contribution is 2.24. The molecule has 0 fully saturated rings. The summed E-state index contributed by atoms with van der Waals surface area (Å²) in [6, 6.07) is 16.9. The average molecular weight is 393 g/mol. The minimum absolute atomic E-state index is 0.00771. The molecule has 0 saturated heterocycles. The van der Waals surface area contributed by atoms with E-state index >= 15 is 0 Å². The number of hydrogen-bond donors (Lipinski definition) is 1. The molecule has 0 aliphatic carbocycles. The van der Waals surface area contributed by atoms with Crippen LogP contribution in [0.4, 0.5) is 5.69 Å². The largest absolute Gasteiger partial charge is 0.484 e. The first kappa shape index (κ1) is 19.8. The van der Waals surface area contributed by atoms with E-state index in [2.05, 4.69) is 17.5 Å². The van der Waals surface area contributed by atoms with E-state index < -0.39 is 10.8 Å². The summed E-state index contributed by atoms with van der Waals surface area (Å²) in [5, 5.41) is 14.5. The van der Waals surface area contributed by atoms with Gasteiger partial charge in [0.15, 0.2) is 6.61 Å². The summed E-state index contributed by atoms with van der Waals surface area (Å²) in [5.41, 5.74) is 4.26. The zero-order valence-electron chi connectivity index (χ0n) is 15.7. The van der Waals surface area contributed by atoms with Crippen LogP contribution < -0.4 is 10.2 Å². The molecule has 0 saturated carbocycles. The van der Waals surface area contributed by atoms with Gasteiger partial charge in [0.2, 0.25) is 0 Å². The second kappa shape index (κ2) is 9.32. The van der Waals surface area contributed by atoms with E-state index in [0.29, 0.717) is 22.8 Å². The van der Waals surface area contributed by atoms with Gasteiger partial charge in [-0.25, -0.2) is 5.43 Å². The Balaban J connectivity index is 1.50. The second-order valence-corrected chi connectivity index (χ2v) is 6.09. The Hall–Kier alpha value is -3.94. The number of nitro benzene ring substituents is 1. The molecule has 1 aromatic heterocycles. The molecule has 8 heteroatoms. The molecule has 0 bridgehead atoms. The molecule has 0 radical (unpaired) electrons. The fourth-order valence-electron chi connectivity index (χ4n) is 2.50. The number of ether oxygens (including phenoxy) is 1. The van der Waals surface area contributed by atoms with Crippen molar-refractivity contribution in [1.82, 2.24) is 5.43 Å². The number of nitro groups is 1. The van der Waals surface area contributed by atoms with Crippen molar-refractivity contribution >= 4 is 17.8 Å². The van der Waals surface area contributed by atoms with Crippen LogP contribution in [0.2, 0.25) is 0 Å². The van der Waals surface area contributed by atoms with Gasteiger partial charge in [0.25, 0.3) is 11.6 Å². The predicted octanol–water partition coefficient (Wildman–Crippen LogP) is 3.95. The van der Waals surface area contributed by atoms with Crippen molar-refractivity contribution in [1.29, 1.82) is 0 Å². The number of nitrogens with one attached hydrogen (secondary N) is 1. The molecule has 0 atom stereocenters. The normalized spacial score (nSPS) is 10.8. The van der Waals surface area contributed by atoms with Gasteiger partial charge in [-0.1, -0.05) is 19.1 Å². The minimum atomic E-state index is -0.462. The third kappa shape index (κ3) is 5.52. The van der Waals surface area contributed by atoms with E-state index in [9.17, 15) is 14.9 Å². The third-order valence-corrected chi connectivity index (χ3v) is 4.07. The maximum atomic E-state index is 11.8. The van der Waals surface area contributed by atoms with Gasteiger partial charge in [-0.2, -0.15) is 5.10 Å². The zero-order valence-corrected chi connectivity index (χ0v) is 15.7. The van der Waals surface area contributed by atoms with Crippen LogP contribution in [-0.4, -0.2) is 23.7 Å². The lowest BCUT2D eigenvalue weighted by Gasteiger charge is -2.05. The first-order valence-electron chi connectivity index (χ1n) is 8.93. The van der Waals surface area contributed by atoms with Crippen molar-refractivity contribution in [3.8, 4) is 17.1 Å². The van der Waals surface area contributed by atoms with Crippen LogP contribution in [0.5, 0.6) is 5.75 Å². The standard InChI is InChI=1S/C21H19N3O5/c1-2-15-3-9-18(10-4-15)28-14-21(25)23-22-13-19-11-12-20(29-19)16-5-7-17(8-6-16)24(26)27/h3-13H,2,14H2,1H3,(H,23,25)/b22-13+. The Morgan fingerprint density at radius 2 is 1.86 bits per heavy atom. The summed E-state index contributed by atoms with van der Waals surface area (Å²) < 4.78 is 11.0. The highest BCUT2D eigenvalue weighted by Gasteiger charge is 2.08. The number of carbonyl (C=O) groups is 1. The van der Waals surface area contributed by atoms with Gasteiger partial charge in [-0.05, 0) is 48.4 Å². The Bertz CT molecular complexity index is 1010. The molecule has 148 valence electrons. The highest BCUT2D eigenvalue weighted by atomic mass is 16.6. The minimum Gasteiger partial charge on any atom is -0.484 e. The van der Waals surface area contributed by atoms with Crippen molar-refractivity contribution < 1.29 is 18.9 Å². The average Bonchev–Trinajstić information content (AvgIpc) is 3.21. The number of aryl methyl sites for hydroxylation is 1. The molecular formula is C21H19N3O5. The molecule has 3 rings (SSSR count). The summed E-state index contributed by atoms with van der Waals surface area (Å²) in [6.07, 6.45) is 2.30. The molecule has 29 heavy (non-hydrogen) atoms. The van der Waals surface area contributed by atoms with Crippen molar-refractivity contribution in [2.75, 3.05) is 6.61 Å². The summed E-state index contributed by atoms with van der Waals surface area (Å²) in [4.78, 5) is 22.0. The van der Waals surface area contributed by atoms with Crippen molar-refractivity contribution in [3.63, 3.8) is 0 Å². The lowest BCUT2D eigenvalue weighted by Crippen LogP contribution is -2.24. The molecule has 1 heterocycles. The van der Waals surface area contributed by atoms with Crippen LogP contribution in [0, 0.1) is 10.1 Å². The Morgan fingerprint density at radius 3 is 2.52 bits per heavy atom. The van der Waals surface area contributed by atoms with E-state index in [1.165, 1.54) is 23.9 Å². The molecule has 3 aromatic rings. The van der Waals surface area contributed by atoms with Crippen molar-refractivity contribution in [2.45, 2.75) is 13.3 Å². The van der Waals surface area contributed by atoms with Gasteiger partial charge in [0.1, 0.15) is 17.3 Å². The molecular weight excluding hydrogens is 374 g/mol. The third-order valence-electron chi connectivity index (χ3n) is 4.07. The quantitative estimate of drug-likeness (QED) is 0.354. The maximum absolute atomic E-state index is 11.8. The number of non-ortho nitro benzene ring substituents is 1. The predicted molar refractivity (Wildman–Crippen MR) is 108 cm³/mol. The number of amides is 1. The fourth-order valence-corrected chi connectivity index (χ4v) is 2.50. The number of hydrogen-bond acceptors (Lipinski definition) is 6. The van der Waals surface area contributed by atoms with Gasteiger partial charge in [-0.3, -0.25) is 14.9 Å². The van der Waals surface area contributed by atoms with Crippen LogP contribution in [0.25, 0.3) is 11.3 Å². The first-order chi connectivity index (χ1) is 14.0. The van der Waals surface area contributed by atoms with Gasteiger partial charge in [0.05, 0.1) is 11.1 Å². The zero-order chi connectivity index (χ0) is 20.6. The number of furan rings is 1. The molecule has 0 unspecified atom stereocenters. The molecule has 0 aliphatic rings. The van der Waals surface area contributed by atoms with Gasteiger partial charge in [0, 0.05) is 17.7 Å². The fraction of sp³-hybridized carbons (Fsp3) is 0.143. The summed E-state index contributed by atoms with van der Waals surface area (Å²) >= 11 is 0. The summed E-state index contributed by atoms with van der Waals surface area (Å²) in [5.74, 6) is 1.17. The molecule has 0 aliphatic heterocycles. The number of benzene rings is 2. The highest BCUT2D eigenvalue weighted by molar-refractivity contribution is 5.81. The molecule has 2 aromatic carbocycles. The van der Waals surface area contributed by atoms with Gasteiger partial charge < -0.3 is 9.15 Å². The molecule has 1 amide bonds. The summed E-state index contributed by atoms with van der Waals surface area (Å²) in [6.45, 7) is 1.91. The van der Waals surface area contributed by atoms with Crippen LogP contribution in [0.1, 0.15) is 18.2 Å². The summed E-state index contributed by atoms with van der Waals surface area (Å²) in [7, 11) is 0. The lowest BCUT2D eigenvalue weighted by atomic mass is 10.1. The smallest absolute Gasteiger partial charge is 0.277 e. The number of rotatable bonds is 8. The Labute approximate surface area is 167 Å². The van der Waals surface area contributed by atoms with Crippen LogP contribution >= 0.6 is 0 Å². The molecule has 8 nitrogen and oxygen atoms in total. The van der Waals surface area contributed by atoms with E-state index in [4.69, 9.17) is 9.15 Å². The number of hydrazone groups is 1. The number of nitrogens with zero attached hydrogens (tertiary/aromatic N) is 2. The van der Waals surface area contributed by atoms with E-state index in [1.54, 1.807) is 24.3 Å². The van der Waals surface area contributed by atoms with E-state index in [1.807, 2.05) is 24.3 Å². The molecule has 1 N–H and O–H groups in total. The number of carbonyl (C=O) groups excluding carboxylic acids is 1. The Kier molecular flexibility index (Phi) is 6.36. The molecule has 0 spiro atoms. The topological polar surface area (TPSA) is 107 Å². The van der Waals surface area contributed by atoms with Crippen molar-refractivity contribution in [3.05, 3.63) is 82.1 Å². The Morgan fingerprint density at radius 1 is 1.14 bits per heavy atom.